The Labute approximate surface area is 607 Å². The van der Waals surface area contributed by atoms with Crippen LogP contribution in [0.4, 0.5) is 34.1 Å². The Kier molecular flexibility index (Phi) is 13.6. The minimum Gasteiger partial charge on any atom is -0.310 e. The molecular weight excluding hydrogens is 1210 g/mol. The molecule has 15 rings (SSSR count). The van der Waals surface area contributed by atoms with Crippen LogP contribution >= 0.6 is 0 Å². The van der Waals surface area contributed by atoms with Crippen molar-refractivity contribution < 1.29 is 11.0 Å². The molecule has 13 aromatic rings. The first-order valence-corrected chi connectivity index (χ1v) is 35.6. The molecule has 0 N–H and O–H groups in total. The number of nitrogens with zero attached hydrogens (tertiary/aromatic N) is 3. The van der Waals surface area contributed by atoms with Crippen molar-refractivity contribution in [2.75, 3.05) is 9.80 Å². The molecule has 2 aliphatic rings. The topological polar surface area (TPSA) is 11.4 Å². The quantitative estimate of drug-likeness (QED) is 0.141. The fraction of sp³-hybridized carbons (Fsp3) is 0.250. The summed E-state index contributed by atoms with van der Waals surface area (Å²) in [6.45, 7) is 40.3. The highest BCUT2D eigenvalue weighted by Gasteiger charge is 2.45. The summed E-state index contributed by atoms with van der Waals surface area (Å²) in [5.74, 6) is 0. The molecule has 498 valence electrons. The van der Waals surface area contributed by atoms with Crippen LogP contribution in [0.5, 0.6) is 0 Å². The van der Waals surface area contributed by atoms with Crippen molar-refractivity contribution in [1.29, 1.82) is 0 Å². The Morgan fingerprint density at radius 3 is 0.960 bits per heavy atom. The summed E-state index contributed by atoms with van der Waals surface area (Å²) in [5, 5.41) is 0.0413. The van der Waals surface area contributed by atoms with E-state index < -0.39 is 30.9 Å². The highest BCUT2D eigenvalue weighted by atomic mass is 15.2. The normalized spacial score (nSPS) is 14.6. The average molecular weight is 1310 g/mol. The monoisotopic (exact) mass is 1310 g/mol. The summed E-state index contributed by atoms with van der Waals surface area (Å²) in [7, 11) is 0. The van der Waals surface area contributed by atoms with Crippen molar-refractivity contribution in [3.63, 3.8) is 0 Å². The first-order valence-electron chi connectivity index (χ1n) is 39.6. The molecule has 0 spiro atoms. The number of aromatic nitrogens is 1. The first kappa shape index (κ1) is 56.9. The summed E-state index contributed by atoms with van der Waals surface area (Å²) in [4.78, 5) is 5.01. The summed E-state index contributed by atoms with van der Waals surface area (Å²) in [5.41, 5.74) is 26.3. The Morgan fingerprint density at radius 2 is 0.600 bits per heavy atom. The standard InChI is InChI=1S/C96H96BN3/c1-91(2,3)67-45-36-61(37-46-67)74-28-23-29-75(62-38-47-68(48-39-62)92(4,5)6)89(74)99-84-34-25-35-85-88(84)97(80-54-44-65(58-86(80)99)66-56-71(95(13,14)15)59-72(57-66)96(16,17)18)81-55-53-73(98-82-32-21-19-26-78(82)79-27-20-22-33-83(79)98)60-87(81)100(85)90-76(63-40-49-69(50-41-63)93(7,8)9)30-24-31-77(90)64-42-51-70(52-43-64)94(10,11)12/h19-60H,1-18H3/i19D,20D,21D,22D,26D,27D,32D,33D. The molecule has 0 bridgehead atoms. The molecule has 0 unspecified atom stereocenters. The number of rotatable bonds is 8. The minimum absolute atomic E-state index is 0.0207. The molecule has 0 saturated carbocycles. The predicted octanol–water partition coefficient (Wildman–Crippen LogP) is 25.0. The van der Waals surface area contributed by atoms with Gasteiger partial charge in [-0.3, -0.25) is 0 Å². The second-order valence-electron chi connectivity index (χ2n) is 34.1. The number of anilines is 6. The summed E-state index contributed by atoms with van der Waals surface area (Å²) >= 11 is 0. The van der Waals surface area contributed by atoms with Gasteiger partial charge in [0.05, 0.1) is 33.4 Å². The largest absolute Gasteiger partial charge is 0.310 e. The van der Waals surface area contributed by atoms with Gasteiger partial charge in [-0.15, -0.1) is 0 Å². The summed E-state index contributed by atoms with van der Waals surface area (Å²) < 4.78 is 76.9. The van der Waals surface area contributed by atoms with Crippen LogP contribution in [0.15, 0.2) is 255 Å². The molecule has 4 heteroatoms. The number of para-hydroxylation sites is 4. The molecule has 100 heavy (non-hydrogen) atoms. The van der Waals surface area contributed by atoms with E-state index in [4.69, 9.17) is 2.74 Å². The lowest BCUT2D eigenvalue weighted by Gasteiger charge is -2.45. The first-order chi connectivity index (χ1) is 50.7. The summed E-state index contributed by atoms with van der Waals surface area (Å²) in [6, 6.07) is 73.6. The van der Waals surface area contributed by atoms with Gasteiger partial charge in [-0.25, -0.2) is 0 Å². The van der Waals surface area contributed by atoms with E-state index in [1.165, 1.54) is 33.4 Å². The van der Waals surface area contributed by atoms with Crippen LogP contribution in [-0.4, -0.2) is 11.3 Å². The smallest absolute Gasteiger partial charge is 0.252 e. The van der Waals surface area contributed by atoms with Crippen molar-refractivity contribution in [2.45, 2.75) is 157 Å². The van der Waals surface area contributed by atoms with Crippen molar-refractivity contribution in [3.8, 4) is 61.3 Å². The lowest BCUT2D eigenvalue weighted by Crippen LogP contribution is -2.61. The van der Waals surface area contributed by atoms with Gasteiger partial charge < -0.3 is 14.4 Å². The zero-order valence-corrected chi connectivity index (χ0v) is 61.5. The van der Waals surface area contributed by atoms with Crippen molar-refractivity contribution in [3.05, 3.63) is 288 Å². The Morgan fingerprint density at radius 1 is 0.280 bits per heavy atom. The van der Waals surface area contributed by atoms with Crippen LogP contribution in [0.1, 0.15) is 169 Å². The third-order valence-electron chi connectivity index (χ3n) is 21.0. The molecule has 0 radical (unpaired) electrons. The molecule has 0 saturated heterocycles. The van der Waals surface area contributed by atoms with Gasteiger partial charge in [0.2, 0.25) is 0 Å². The Balaban J connectivity index is 1.12. The van der Waals surface area contributed by atoms with E-state index in [1.54, 1.807) is 4.57 Å². The number of hydrogen-bond acceptors (Lipinski definition) is 2. The van der Waals surface area contributed by atoms with E-state index >= 15 is 0 Å². The van der Waals surface area contributed by atoms with E-state index in [1.807, 2.05) is 6.07 Å². The SMILES string of the molecule is [2H]c1c([2H])c([2H])c2c(c1[2H])c1c([2H])c([2H])c([2H])c([2H])c1n2-c1ccc2c(c1)N(c1c(-c3ccc(C(C)(C)C)cc3)cccc1-c1ccc(C(C)(C)C)cc1)c1cccc3c1B2c1ccc(-c2cc(C(C)(C)C)cc(C(C)(C)C)c2)cc1N3c1c(-c2ccc(C(C)(C)C)cc2)cccc1-c1ccc(C(C)(C)C)cc1. The van der Waals surface area contributed by atoms with Crippen molar-refractivity contribution in [1.82, 2.24) is 4.57 Å². The minimum atomic E-state index is -0.491. The second kappa shape index (κ2) is 23.9. The highest BCUT2D eigenvalue weighted by molar-refractivity contribution is 7.00. The Hall–Kier alpha value is -9.90. The average Bonchev–Trinajstić information content (AvgIpc) is 1.04. The molecular formula is C96H96BN3. The third kappa shape index (κ3) is 11.6. The lowest BCUT2D eigenvalue weighted by molar-refractivity contribution is 0.569. The van der Waals surface area contributed by atoms with E-state index in [2.05, 4.69) is 335 Å². The molecule has 3 nitrogen and oxygen atoms in total. The Bertz CT molecular complexity index is 5570. The molecule has 2 aliphatic heterocycles. The van der Waals surface area contributed by atoms with Gasteiger partial charge in [0.15, 0.2) is 0 Å². The van der Waals surface area contributed by atoms with E-state index in [-0.39, 0.29) is 78.5 Å². The second-order valence-corrected chi connectivity index (χ2v) is 34.1. The van der Waals surface area contributed by atoms with Crippen LogP contribution in [0, 0.1) is 0 Å². The number of fused-ring (bicyclic) bond motifs is 7. The van der Waals surface area contributed by atoms with Crippen LogP contribution in [0.25, 0.3) is 83.1 Å². The summed E-state index contributed by atoms with van der Waals surface area (Å²) in [6.07, 6.45) is 0. The number of hydrogen-bond donors (Lipinski definition) is 0. The number of benzene rings is 12. The zero-order chi connectivity index (χ0) is 77.3. The maximum atomic E-state index is 9.80. The van der Waals surface area contributed by atoms with Crippen LogP contribution in [-0.2, 0) is 32.5 Å². The van der Waals surface area contributed by atoms with E-state index in [9.17, 15) is 8.22 Å². The molecule has 0 amide bonds. The van der Waals surface area contributed by atoms with Gasteiger partial charge in [-0.1, -0.05) is 337 Å². The molecule has 3 heterocycles. The van der Waals surface area contributed by atoms with E-state index in [0.29, 0.717) is 5.69 Å². The van der Waals surface area contributed by atoms with Crippen LogP contribution in [0.3, 0.4) is 0 Å². The fourth-order valence-electron chi connectivity index (χ4n) is 15.2. The molecule has 0 fully saturated rings. The molecule has 12 aromatic carbocycles. The maximum Gasteiger partial charge on any atom is 0.252 e. The molecule has 0 aliphatic carbocycles. The maximum absolute atomic E-state index is 9.80. The van der Waals surface area contributed by atoms with Gasteiger partial charge in [-0.2, -0.15) is 0 Å². The fourth-order valence-corrected chi connectivity index (χ4v) is 15.2. The van der Waals surface area contributed by atoms with Crippen LogP contribution < -0.4 is 26.2 Å². The third-order valence-corrected chi connectivity index (χ3v) is 21.0. The van der Waals surface area contributed by atoms with Crippen molar-refractivity contribution >= 4 is 79.0 Å². The lowest BCUT2D eigenvalue weighted by atomic mass is 9.33. The van der Waals surface area contributed by atoms with Gasteiger partial charge in [-0.05, 0) is 158 Å². The molecule has 0 atom stereocenters. The van der Waals surface area contributed by atoms with Gasteiger partial charge >= 0.3 is 0 Å². The van der Waals surface area contributed by atoms with Crippen molar-refractivity contribution in [2.24, 2.45) is 0 Å². The van der Waals surface area contributed by atoms with E-state index in [0.717, 1.165) is 106 Å². The van der Waals surface area contributed by atoms with Gasteiger partial charge in [0, 0.05) is 61.5 Å². The molecule has 1 aromatic heterocycles. The van der Waals surface area contributed by atoms with Gasteiger partial charge in [0.1, 0.15) is 0 Å². The van der Waals surface area contributed by atoms with Crippen LogP contribution in [0.2, 0.25) is 0 Å². The zero-order valence-electron chi connectivity index (χ0n) is 69.5. The highest BCUT2D eigenvalue weighted by Crippen LogP contribution is 2.54. The predicted molar refractivity (Wildman–Crippen MR) is 434 cm³/mol. The van der Waals surface area contributed by atoms with Gasteiger partial charge in [0.25, 0.3) is 6.71 Å².